The van der Waals surface area contributed by atoms with Crippen molar-refractivity contribution in [1.82, 2.24) is 0 Å². The first-order valence-corrected chi connectivity index (χ1v) is 13.8. The van der Waals surface area contributed by atoms with Gasteiger partial charge in [0.25, 0.3) is 0 Å². The van der Waals surface area contributed by atoms with E-state index in [1.54, 1.807) is 0 Å². The monoisotopic (exact) mass is 506 g/mol. The van der Waals surface area contributed by atoms with Crippen molar-refractivity contribution in [3.8, 4) is 0 Å². The molecule has 0 aromatic heterocycles. The Morgan fingerprint density at radius 2 is 0.300 bits per heavy atom. The third-order valence-electron chi connectivity index (χ3n) is 8.06. The fraction of sp³-hybridized carbons (Fsp3) is 0. The molecule has 0 heterocycles. The van der Waals surface area contributed by atoms with Crippen LogP contribution in [0.1, 0.15) is 0 Å². The van der Waals surface area contributed by atoms with Crippen molar-refractivity contribution < 1.29 is 0 Å². The Balaban J connectivity index is 0.000000366. The van der Waals surface area contributed by atoms with E-state index >= 15 is 0 Å². The van der Waals surface area contributed by atoms with E-state index < -0.39 is 0 Å². The first kappa shape index (κ1) is 22.8. The van der Waals surface area contributed by atoms with Crippen LogP contribution in [0.3, 0.4) is 0 Å². The molecule has 0 heteroatoms. The summed E-state index contributed by atoms with van der Waals surface area (Å²) in [5.74, 6) is 0. The van der Waals surface area contributed by atoms with Crippen molar-refractivity contribution in [3.63, 3.8) is 0 Å². The standard InChI is InChI=1S/C34H20.C6H6/c1-2-6-22-10-26-14-30-18-34-20-32-16-28-12-24-8-4-3-7-23(24)11-27(28)15-31(32)19-33(34)17-29(30)13-25(26)9-21(22)5-1;1-2-4-6-5-3-1/h1-20H;1-6H. The van der Waals surface area contributed by atoms with Crippen molar-refractivity contribution in [2.75, 3.05) is 0 Å². The van der Waals surface area contributed by atoms with Gasteiger partial charge in [0.15, 0.2) is 0 Å². The molecule has 0 aliphatic heterocycles. The quantitative estimate of drug-likeness (QED) is 0.179. The fourth-order valence-electron chi connectivity index (χ4n) is 6.03. The van der Waals surface area contributed by atoms with Crippen molar-refractivity contribution in [2.45, 2.75) is 0 Å². The summed E-state index contributed by atoms with van der Waals surface area (Å²) < 4.78 is 0. The van der Waals surface area contributed by atoms with Gasteiger partial charge in [-0.15, -0.1) is 0 Å². The Kier molecular flexibility index (Phi) is 5.24. The lowest BCUT2D eigenvalue weighted by Gasteiger charge is -2.09. The molecule has 0 unspecified atom stereocenters. The van der Waals surface area contributed by atoms with Crippen LogP contribution in [0.5, 0.6) is 0 Å². The zero-order valence-electron chi connectivity index (χ0n) is 22.0. The second kappa shape index (κ2) is 9.22. The van der Waals surface area contributed by atoms with Crippen LogP contribution in [0.15, 0.2) is 158 Å². The molecule has 0 bridgehead atoms. The highest BCUT2D eigenvalue weighted by Crippen LogP contribution is 2.34. The Bertz CT molecular complexity index is 2030. The summed E-state index contributed by atoms with van der Waals surface area (Å²) in [6, 6.07) is 57.2. The summed E-state index contributed by atoms with van der Waals surface area (Å²) in [6.07, 6.45) is 0. The molecule has 0 radical (unpaired) electrons. The maximum Gasteiger partial charge on any atom is -0.0171 e. The minimum Gasteiger partial charge on any atom is -0.0623 e. The molecular formula is C40H26. The van der Waals surface area contributed by atoms with Crippen LogP contribution in [-0.4, -0.2) is 0 Å². The maximum absolute atomic E-state index is 2.35. The number of rotatable bonds is 0. The first-order valence-electron chi connectivity index (χ1n) is 13.8. The normalized spacial score (nSPS) is 11.5. The van der Waals surface area contributed by atoms with Gasteiger partial charge in [0.05, 0.1) is 0 Å². The third-order valence-corrected chi connectivity index (χ3v) is 8.06. The Morgan fingerprint density at radius 3 is 0.475 bits per heavy atom. The molecule has 0 saturated carbocycles. The van der Waals surface area contributed by atoms with Crippen LogP contribution >= 0.6 is 0 Å². The number of hydrogen-bond acceptors (Lipinski definition) is 0. The van der Waals surface area contributed by atoms with Gasteiger partial charge in [-0.3, -0.25) is 0 Å². The lowest BCUT2D eigenvalue weighted by molar-refractivity contribution is 1.72. The maximum atomic E-state index is 2.35. The van der Waals surface area contributed by atoms with Gasteiger partial charge in [-0.05, 0) is 148 Å². The lowest BCUT2D eigenvalue weighted by Crippen LogP contribution is -1.82. The molecule has 9 aromatic carbocycles. The van der Waals surface area contributed by atoms with E-state index in [0.717, 1.165) is 0 Å². The predicted octanol–water partition coefficient (Wildman–Crippen LogP) is 11.4. The van der Waals surface area contributed by atoms with E-state index in [0.29, 0.717) is 0 Å². The third kappa shape index (κ3) is 4.02. The molecule has 40 heavy (non-hydrogen) atoms. The van der Waals surface area contributed by atoms with Gasteiger partial charge < -0.3 is 0 Å². The van der Waals surface area contributed by atoms with Crippen LogP contribution in [0.4, 0.5) is 0 Å². The summed E-state index contributed by atoms with van der Waals surface area (Å²) >= 11 is 0. The molecule has 0 spiro atoms. The SMILES string of the molecule is c1ccc2cc3cc4cc5cc6cc7cc8ccccc8cc7cc6cc5cc4cc3cc2c1.c1ccccc1. The van der Waals surface area contributed by atoms with E-state index in [1.165, 1.54) is 75.4 Å². The minimum atomic E-state index is 1.29. The Hall–Kier alpha value is -5.20. The van der Waals surface area contributed by atoms with E-state index in [4.69, 9.17) is 0 Å². The van der Waals surface area contributed by atoms with Gasteiger partial charge in [0.1, 0.15) is 0 Å². The molecule has 9 rings (SSSR count). The van der Waals surface area contributed by atoms with Gasteiger partial charge >= 0.3 is 0 Å². The summed E-state index contributed by atoms with van der Waals surface area (Å²) in [6.45, 7) is 0. The van der Waals surface area contributed by atoms with Gasteiger partial charge in [0, 0.05) is 0 Å². The molecule has 186 valence electrons. The highest BCUT2D eigenvalue weighted by molar-refractivity contribution is 6.12. The highest BCUT2D eigenvalue weighted by atomic mass is 14.1. The molecule has 0 nitrogen and oxygen atoms in total. The number of benzene rings is 9. The lowest BCUT2D eigenvalue weighted by atomic mass is 9.95. The van der Waals surface area contributed by atoms with Crippen molar-refractivity contribution in [2.24, 2.45) is 0 Å². The van der Waals surface area contributed by atoms with Crippen LogP contribution in [0, 0.1) is 0 Å². The van der Waals surface area contributed by atoms with Crippen LogP contribution in [-0.2, 0) is 0 Å². The number of hydrogen-bond donors (Lipinski definition) is 0. The summed E-state index contributed by atoms with van der Waals surface area (Å²) in [7, 11) is 0. The van der Waals surface area contributed by atoms with E-state index in [9.17, 15) is 0 Å². The van der Waals surface area contributed by atoms with Crippen molar-refractivity contribution in [1.29, 1.82) is 0 Å². The van der Waals surface area contributed by atoms with Gasteiger partial charge in [-0.1, -0.05) is 84.9 Å². The second-order valence-electron chi connectivity index (χ2n) is 10.7. The molecule has 0 atom stereocenters. The average Bonchev–Trinajstić information content (AvgIpc) is 3.00. The van der Waals surface area contributed by atoms with Crippen molar-refractivity contribution in [3.05, 3.63) is 158 Å². The van der Waals surface area contributed by atoms with Crippen LogP contribution in [0.25, 0.3) is 75.4 Å². The Labute approximate surface area is 232 Å². The first-order chi connectivity index (χ1) is 19.8. The van der Waals surface area contributed by atoms with Gasteiger partial charge in [-0.2, -0.15) is 0 Å². The molecule has 0 amide bonds. The van der Waals surface area contributed by atoms with Gasteiger partial charge in [-0.25, -0.2) is 0 Å². The van der Waals surface area contributed by atoms with Crippen LogP contribution < -0.4 is 0 Å². The topological polar surface area (TPSA) is 0 Å². The molecule has 9 aromatic rings. The molecule has 0 fully saturated rings. The van der Waals surface area contributed by atoms with E-state index in [-0.39, 0.29) is 0 Å². The Morgan fingerprint density at radius 1 is 0.150 bits per heavy atom. The largest absolute Gasteiger partial charge is 0.0623 e. The smallest absolute Gasteiger partial charge is 0.0171 e. The molecule has 0 aliphatic carbocycles. The van der Waals surface area contributed by atoms with Crippen molar-refractivity contribution >= 4 is 75.4 Å². The molecule has 0 saturated heterocycles. The van der Waals surface area contributed by atoms with Gasteiger partial charge in [0.2, 0.25) is 0 Å². The average molecular weight is 507 g/mol. The second-order valence-corrected chi connectivity index (χ2v) is 10.7. The molecular weight excluding hydrogens is 480 g/mol. The molecule has 0 aliphatic rings. The predicted molar refractivity (Wildman–Crippen MR) is 175 cm³/mol. The summed E-state index contributed by atoms with van der Waals surface area (Å²) in [5, 5.41) is 18.1. The summed E-state index contributed by atoms with van der Waals surface area (Å²) in [4.78, 5) is 0. The van der Waals surface area contributed by atoms with E-state index in [2.05, 4.69) is 121 Å². The summed E-state index contributed by atoms with van der Waals surface area (Å²) in [5.41, 5.74) is 0. The fourth-order valence-corrected chi connectivity index (χ4v) is 6.03. The van der Waals surface area contributed by atoms with E-state index in [1.807, 2.05) is 36.4 Å². The van der Waals surface area contributed by atoms with Crippen LogP contribution in [0.2, 0.25) is 0 Å². The molecule has 0 N–H and O–H groups in total. The highest BCUT2D eigenvalue weighted by Gasteiger charge is 2.06. The minimum absolute atomic E-state index is 1.29. The zero-order chi connectivity index (χ0) is 26.5. The number of fused-ring (bicyclic) bond motifs is 7. The zero-order valence-corrected chi connectivity index (χ0v) is 22.0.